The van der Waals surface area contributed by atoms with E-state index >= 15 is 0 Å². The number of nitrogens with one attached hydrogen (secondary N) is 2. The zero-order valence-electron chi connectivity index (χ0n) is 15.0. The number of hydrazine groups is 1. The van der Waals surface area contributed by atoms with Gasteiger partial charge in [-0.3, -0.25) is 4.79 Å². The third kappa shape index (κ3) is 5.11. The van der Waals surface area contributed by atoms with Gasteiger partial charge in [-0.2, -0.15) is 5.01 Å². The van der Waals surface area contributed by atoms with Crippen molar-refractivity contribution in [2.75, 3.05) is 12.4 Å². The summed E-state index contributed by atoms with van der Waals surface area (Å²) in [5, 5.41) is 14.1. The molecule has 0 radical (unpaired) electrons. The average Bonchev–Trinajstić information content (AvgIpc) is 2.94. The Bertz CT molecular complexity index is 1100. The molecular weight excluding hydrogens is 584 g/mol. The summed E-state index contributed by atoms with van der Waals surface area (Å²) in [6, 6.07) is 7.19. The van der Waals surface area contributed by atoms with E-state index in [-0.39, 0.29) is 20.8 Å². The normalized spacial score (nSPS) is 14.9. The second kappa shape index (κ2) is 9.60. The van der Waals surface area contributed by atoms with Crippen LogP contribution in [0.15, 0.2) is 35.2 Å². The van der Waals surface area contributed by atoms with Crippen molar-refractivity contribution >= 4 is 97.8 Å². The van der Waals surface area contributed by atoms with Crippen molar-refractivity contribution in [2.45, 2.75) is 0 Å². The van der Waals surface area contributed by atoms with Crippen LogP contribution in [-0.2, 0) is 4.79 Å². The van der Waals surface area contributed by atoms with Crippen LogP contribution in [0.5, 0.6) is 11.5 Å². The van der Waals surface area contributed by atoms with Crippen molar-refractivity contribution in [1.29, 1.82) is 0 Å². The maximum absolute atomic E-state index is 12.7. The van der Waals surface area contributed by atoms with Crippen molar-refractivity contribution in [2.24, 2.45) is 0 Å². The number of hydrogen-bond donors (Lipinski definition) is 3. The molecule has 3 amide bonds. The predicted octanol–water partition coefficient (Wildman–Crippen LogP) is 5.25. The number of phenols is 1. The summed E-state index contributed by atoms with van der Waals surface area (Å²) >= 11 is 20.0. The van der Waals surface area contributed by atoms with Crippen LogP contribution in [0.4, 0.5) is 10.5 Å². The van der Waals surface area contributed by atoms with Gasteiger partial charge >= 0.3 is 6.03 Å². The summed E-state index contributed by atoms with van der Waals surface area (Å²) in [6.45, 7) is 0. The molecule has 1 fully saturated rings. The van der Waals surface area contributed by atoms with Crippen LogP contribution < -0.4 is 15.5 Å². The molecule has 0 bridgehead atoms. The molecule has 0 unspecified atom stereocenters. The number of urea groups is 1. The van der Waals surface area contributed by atoms with E-state index in [4.69, 9.17) is 40.2 Å². The molecule has 156 valence electrons. The molecule has 0 atom stereocenters. The highest BCUT2D eigenvalue weighted by Gasteiger charge is 2.33. The molecule has 30 heavy (non-hydrogen) atoms. The third-order valence-corrected chi connectivity index (χ3v) is 6.62. The summed E-state index contributed by atoms with van der Waals surface area (Å²) < 4.78 is 5.86. The number of ether oxygens (including phenoxy) is 1. The van der Waals surface area contributed by atoms with Crippen molar-refractivity contribution in [3.8, 4) is 11.5 Å². The number of amides is 3. The van der Waals surface area contributed by atoms with Crippen LogP contribution in [0, 0.1) is 3.57 Å². The number of carbonyl (C=O) groups excluding carboxylic acids is 2. The number of carbonyl (C=O) groups is 2. The largest absolute Gasteiger partial charge is 0.504 e. The number of benzene rings is 2. The topological polar surface area (TPSA) is 90.9 Å². The minimum Gasteiger partial charge on any atom is -0.504 e. The molecule has 1 aliphatic rings. The number of thioether (sulfide) groups is 1. The summed E-state index contributed by atoms with van der Waals surface area (Å²) in [7, 11) is 1.44. The molecular formula is C18H12Cl2IN3O4S2. The van der Waals surface area contributed by atoms with Gasteiger partial charge in [-0.05, 0) is 76.8 Å². The van der Waals surface area contributed by atoms with Gasteiger partial charge in [0.2, 0.25) is 0 Å². The smallest absolute Gasteiger partial charge is 0.338 e. The van der Waals surface area contributed by atoms with Gasteiger partial charge < -0.3 is 15.2 Å². The number of thiocarbonyl (C=S) groups is 1. The van der Waals surface area contributed by atoms with Crippen molar-refractivity contribution in [3.05, 3.63) is 54.4 Å². The first-order valence-electron chi connectivity index (χ1n) is 8.06. The number of halogens is 3. The zero-order chi connectivity index (χ0) is 22.0. The molecule has 12 heteroatoms. The Morgan fingerprint density at radius 2 is 2.03 bits per heavy atom. The fraction of sp³-hybridized carbons (Fsp3) is 0.0556. The maximum Gasteiger partial charge on any atom is 0.338 e. The van der Waals surface area contributed by atoms with Crippen molar-refractivity contribution in [1.82, 2.24) is 10.4 Å². The van der Waals surface area contributed by atoms with Crippen molar-refractivity contribution < 1.29 is 19.4 Å². The lowest BCUT2D eigenvalue weighted by Crippen LogP contribution is -2.46. The highest BCUT2D eigenvalue weighted by atomic mass is 127. The fourth-order valence-corrected chi connectivity index (χ4v) is 4.49. The van der Waals surface area contributed by atoms with E-state index in [1.54, 1.807) is 24.3 Å². The van der Waals surface area contributed by atoms with Crippen molar-refractivity contribution in [3.63, 3.8) is 0 Å². The number of aromatic hydroxyl groups is 1. The van der Waals surface area contributed by atoms with Gasteiger partial charge in [0.1, 0.15) is 0 Å². The first-order chi connectivity index (χ1) is 14.2. The van der Waals surface area contributed by atoms with Gasteiger partial charge in [-0.15, -0.1) is 0 Å². The average molecular weight is 596 g/mol. The monoisotopic (exact) mass is 595 g/mol. The molecule has 3 rings (SSSR count). The minimum atomic E-state index is -0.674. The summed E-state index contributed by atoms with van der Waals surface area (Å²) in [6.07, 6.45) is 1.60. The van der Waals surface area contributed by atoms with Crippen LogP contribution in [0.1, 0.15) is 5.56 Å². The standard InChI is InChI=1S/C18H12Cl2IN3O4S2/c1-28-13-5-8(4-12(21)15(13)25)6-14-16(26)24(18(29)30-14)23-17(27)22-9-2-3-10(19)11(20)7-9/h2-7,25H,1H3,(H2,22,23,27)/b14-6+. The van der Waals surface area contributed by atoms with Crippen LogP contribution in [-0.4, -0.2) is 33.5 Å². The first-order valence-corrected chi connectivity index (χ1v) is 11.1. The van der Waals surface area contributed by atoms with Gasteiger partial charge in [-0.25, -0.2) is 10.2 Å². The van der Waals surface area contributed by atoms with Crippen LogP contribution in [0.25, 0.3) is 6.08 Å². The van der Waals surface area contributed by atoms with E-state index in [2.05, 4.69) is 10.7 Å². The Hall–Kier alpha value is -1.73. The fourth-order valence-electron chi connectivity index (χ4n) is 2.38. The molecule has 2 aromatic rings. The second-order valence-corrected chi connectivity index (χ2v) is 9.42. The molecule has 1 saturated heterocycles. The minimum absolute atomic E-state index is 0.0171. The second-order valence-electron chi connectivity index (χ2n) is 5.77. The lowest BCUT2D eigenvalue weighted by molar-refractivity contribution is -0.123. The van der Waals surface area contributed by atoms with E-state index in [0.717, 1.165) is 16.8 Å². The van der Waals surface area contributed by atoms with E-state index in [1.165, 1.54) is 19.2 Å². The summed E-state index contributed by atoms with van der Waals surface area (Å²) in [5.74, 6) is -0.192. The molecule has 3 N–H and O–H groups in total. The number of methoxy groups -OCH3 is 1. The molecule has 0 spiro atoms. The number of phenolic OH excluding ortho intramolecular Hbond substituents is 1. The van der Waals surface area contributed by atoms with E-state index < -0.39 is 11.9 Å². The van der Waals surface area contributed by atoms with Gasteiger partial charge in [0.05, 0.1) is 25.6 Å². The van der Waals surface area contributed by atoms with Gasteiger partial charge in [0.15, 0.2) is 15.8 Å². The summed E-state index contributed by atoms with van der Waals surface area (Å²) in [4.78, 5) is 25.3. The molecule has 2 aromatic carbocycles. The van der Waals surface area contributed by atoms with Gasteiger partial charge in [0, 0.05) is 5.69 Å². The third-order valence-electron chi connectivity index (χ3n) is 3.75. The van der Waals surface area contributed by atoms with E-state index in [1.807, 2.05) is 22.6 Å². The van der Waals surface area contributed by atoms with Crippen LogP contribution in [0.2, 0.25) is 10.0 Å². The Morgan fingerprint density at radius 1 is 1.30 bits per heavy atom. The zero-order valence-corrected chi connectivity index (χ0v) is 20.3. The molecule has 1 aliphatic heterocycles. The SMILES string of the molecule is COc1cc(/C=C2/SC(=S)N(NC(=O)Nc3ccc(Cl)c(Cl)c3)C2=O)cc(I)c1O. The highest BCUT2D eigenvalue weighted by Crippen LogP contribution is 2.36. The van der Waals surface area contributed by atoms with Crippen LogP contribution in [0.3, 0.4) is 0 Å². The molecule has 0 aromatic heterocycles. The summed E-state index contributed by atoms with van der Waals surface area (Å²) in [5.41, 5.74) is 3.44. The lowest BCUT2D eigenvalue weighted by Gasteiger charge is -2.16. The van der Waals surface area contributed by atoms with Crippen LogP contribution >= 0.6 is 69.8 Å². The lowest BCUT2D eigenvalue weighted by atomic mass is 10.2. The Morgan fingerprint density at radius 3 is 2.70 bits per heavy atom. The Labute approximate surface area is 204 Å². The number of nitrogens with zero attached hydrogens (tertiary/aromatic N) is 1. The Balaban J connectivity index is 1.74. The molecule has 7 nitrogen and oxygen atoms in total. The van der Waals surface area contributed by atoms with Gasteiger partial charge in [-0.1, -0.05) is 35.0 Å². The number of rotatable bonds is 4. The predicted molar refractivity (Wildman–Crippen MR) is 131 cm³/mol. The van der Waals surface area contributed by atoms with Gasteiger partial charge in [0.25, 0.3) is 5.91 Å². The highest BCUT2D eigenvalue weighted by molar-refractivity contribution is 14.1. The van der Waals surface area contributed by atoms with E-state index in [9.17, 15) is 14.7 Å². The molecule has 0 saturated carbocycles. The van der Waals surface area contributed by atoms with E-state index in [0.29, 0.717) is 24.7 Å². The first kappa shape index (κ1) is 22.9. The molecule has 0 aliphatic carbocycles. The maximum atomic E-state index is 12.7. The number of hydrogen-bond acceptors (Lipinski definition) is 6. The quantitative estimate of drug-likeness (QED) is 0.254. The number of anilines is 1. The Kier molecular flexibility index (Phi) is 7.34. The molecule has 1 heterocycles.